The Hall–Kier alpha value is -3.15. The number of carboxylic acid groups (broad SMARTS) is 1. The number of carbonyl (C=O) groups is 2. The Morgan fingerprint density at radius 1 is 1.13 bits per heavy atom. The first-order chi connectivity index (χ1) is 14.8. The molecule has 0 radical (unpaired) electrons. The zero-order chi connectivity index (χ0) is 22.2. The lowest BCUT2D eigenvalue weighted by atomic mass is 9.71. The van der Waals surface area contributed by atoms with Crippen LogP contribution in [0.4, 0.5) is 0 Å². The largest absolute Gasteiger partial charge is 0.481 e. The number of fused-ring (bicyclic) bond motifs is 1. The summed E-state index contributed by atoms with van der Waals surface area (Å²) in [6.45, 7) is 3.81. The number of amides is 1. The van der Waals surface area contributed by atoms with Gasteiger partial charge in [-0.05, 0) is 62.6 Å². The van der Waals surface area contributed by atoms with Gasteiger partial charge in [0, 0.05) is 13.2 Å². The minimum atomic E-state index is -0.872. The van der Waals surface area contributed by atoms with Gasteiger partial charge in [0.25, 0.3) is 5.91 Å². The molecule has 1 saturated carbocycles. The molecule has 2 heterocycles. The lowest BCUT2D eigenvalue weighted by molar-refractivity contribution is -0.140. The van der Waals surface area contributed by atoms with E-state index in [-0.39, 0.29) is 12.3 Å². The van der Waals surface area contributed by atoms with Crippen molar-refractivity contribution in [2.45, 2.75) is 57.4 Å². The van der Waals surface area contributed by atoms with E-state index in [0.717, 1.165) is 24.1 Å². The van der Waals surface area contributed by atoms with Crippen LogP contribution in [0.3, 0.4) is 0 Å². The molecule has 1 aliphatic carbocycles. The highest BCUT2D eigenvalue weighted by atomic mass is 16.4. The molecule has 1 amide bonds. The number of hydrogen-bond acceptors (Lipinski definition) is 3. The zero-order valence-corrected chi connectivity index (χ0v) is 18.3. The molecule has 6 nitrogen and oxygen atoms in total. The smallest absolute Gasteiger partial charge is 0.305 e. The summed E-state index contributed by atoms with van der Waals surface area (Å²) in [4.78, 5) is 31.7. The number of pyridine rings is 1. The average molecular weight is 420 g/mol. The molecule has 0 aliphatic heterocycles. The first kappa shape index (κ1) is 21.1. The van der Waals surface area contributed by atoms with E-state index in [1.165, 1.54) is 5.56 Å². The summed E-state index contributed by atoms with van der Waals surface area (Å²) in [5, 5.41) is 9.68. The highest BCUT2D eigenvalue weighted by Crippen LogP contribution is 2.43. The summed E-state index contributed by atoms with van der Waals surface area (Å²) in [6, 6.07) is 14.2. The second-order valence-corrected chi connectivity index (χ2v) is 8.77. The monoisotopic (exact) mass is 419 g/mol. The molecule has 0 spiro atoms. The topological polar surface area (TPSA) is 74.9 Å². The Labute approximate surface area is 182 Å². The molecule has 162 valence electrons. The lowest BCUT2D eigenvalue weighted by Gasteiger charge is -2.45. The summed E-state index contributed by atoms with van der Waals surface area (Å²) >= 11 is 0. The highest BCUT2D eigenvalue weighted by molar-refractivity contribution is 5.95. The molecule has 6 heteroatoms. The molecule has 0 bridgehead atoms. The van der Waals surface area contributed by atoms with E-state index in [9.17, 15) is 14.7 Å². The van der Waals surface area contributed by atoms with Gasteiger partial charge in [0.15, 0.2) is 0 Å². The maximum absolute atomic E-state index is 13.7. The third kappa shape index (κ3) is 3.82. The molecule has 1 fully saturated rings. The van der Waals surface area contributed by atoms with Crippen molar-refractivity contribution in [3.05, 3.63) is 71.2 Å². The number of carbonyl (C=O) groups excluding carboxylic acids is 1. The van der Waals surface area contributed by atoms with Crippen LogP contribution < -0.4 is 0 Å². The fourth-order valence-corrected chi connectivity index (χ4v) is 5.08. The minimum absolute atomic E-state index is 0.0500. The van der Waals surface area contributed by atoms with Crippen molar-refractivity contribution in [2.24, 2.45) is 0 Å². The van der Waals surface area contributed by atoms with Gasteiger partial charge in [-0.25, -0.2) is 4.98 Å². The first-order valence-corrected chi connectivity index (χ1v) is 10.8. The van der Waals surface area contributed by atoms with E-state index in [1.54, 1.807) is 11.9 Å². The molecule has 1 aromatic carbocycles. The third-order valence-electron chi connectivity index (χ3n) is 6.91. The average Bonchev–Trinajstić information content (AvgIpc) is 3.10. The van der Waals surface area contributed by atoms with Crippen LogP contribution in [0.25, 0.3) is 5.65 Å². The van der Waals surface area contributed by atoms with Gasteiger partial charge in [0.2, 0.25) is 0 Å². The van der Waals surface area contributed by atoms with Crippen LogP contribution in [0.15, 0.2) is 48.7 Å². The summed E-state index contributed by atoms with van der Waals surface area (Å²) in [6.07, 6.45) is 4.84. The number of aliphatic carboxylic acids is 1. The SMILES string of the molecule is Cc1nc2c(C)cccn2c1C(=O)N(C)C1(CC(=O)O)CCC(c2ccccc2)CC1. The molecule has 0 unspecified atom stereocenters. The molecule has 4 rings (SSSR count). The van der Waals surface area contributed by atoms with Crippen molar-refractivity contribution < 1.29 is 14.7 Å². The van der Waals surface area contributed by atoms with Gasteiger partial charge < -0.3 is 10.0 Å². The van der Waals surface area contributed by atoms with Crippen molar-refractivity contribution in [3.8, 4) is 0 Å². The molecule has 0 atom stereocenters. The zero-order valence-electron chi connectivity index (χ0n) is 18.3. The van der Waals surface area contributed by atoms with Gasteiger partial charge in [0.1, 0.15) is 11.3 Å². The highest BCUT2D eigenvalue weighted by Gasteiger charge is 2.43. The van der Waals surface area contributed by atoms with Gasteiger partial charge in [-0.15, -0.1) is 0 Å². The van der Waals surface area contributed by atoms with E-state index in [4.69, 9.17) is 0 Å². The van der Waals surface area contributed by atoms with Gasteiger partial charge >= 0.3 is 5.97 Å². The molecule has 3 aromatic rings. The van der Waals surface area contributed by atoms with Crippen molar-refractivity contribution in [1.82, 2.24) is 14.3 Å². The van der Waals surface area contributed by atoms with Crippen LogP contribution in [0, 0.1) is 13.8 Å². The minimum Gasteiger partial charge on any atom is -0.481 e. The number of aryl methyl sites for hydroxylation is 2. The predicted octanol–water partition coefficient (Wildman–Crippen LogP) is 4.59. The van der Waals surface area contributed by atoms with Gasteiger partial charge in [-0.3, -0.25) is 14.0 Å². The molecule has 31 heavy (non-hydrogen) atoms. The summed E-state index contributed by atoms with van der Waals surface area (Å²) < 4.78 is 1.83. The van der Waals surface area contributed by atoms with E-state index >= 15 is 0 Å². The summed E-state index contributed by atoms with van der Waals surface area (Å²) in [5.41, 5.74) is 3.52. The number of aromatic nitrogens is 2. The van der Waals surface area contributed by atoms with Crippen LogP contribution in [-0.4, -0.2) is 43.9 Å². The molecular formula is C25H29N3O3. The van der Waals surface area contributed by atoms with Crippen LogP contribution >= 0.6 is 0 Å². The summed E-state index contributed by atoms with van der Waals surface area (Å²) in [5.74, 6) is -0.648. The Balaban J connectivity index is 1.65. The van der Waals surface area contributed by atoms with E-state index in [0.29, 0.717) is 30.1 Å². The number of carboxylic acids is 1. The predicted molar refractivity (Wildman–Crippen MR) is 119 cm³/mol. The fourth-order valence-electron chi connectivity index (χ4n) is 5.08. The quantitative estimate of drug-likeness (QED) is 0.656. The number of imidazole rings is 1. The molecular weight excluding hydrogens is 390 g/mol. The maximum atomic E-state index is 13.7. The van der Waals surface area contributed by atoms with Gasteiger partial charge in [-0.2, -0.15) is 0 Å². The lowest BCUT2D eigenvalue weighted by Crippen LogP contribution is -2.53. The van der Waals surface area contributed by atoms with Gasteiger partial charge in [-0.1, -0.05) is 36.4 Å². The number of benzene rings is 1. The standard InChI is InChI=1S/C25H29N3O3/c1-17-8-7-15-28-22(18(2)26-23(17)28)24(31)27(3)25(16-21(29)30)13-11-20(12-14-25)19-9-5-4-6-10-19/h4-10,15,20H,11-14,16H2,1-3H3,(H,29,30). The molecule has 1 N–H and O–H groups in total. The number of hydrogen-bond donors (Lipinski definition) is 1. The van der Waals surface area contributed by atoms with Crippen molar-refractivity contribution in [3.63, 3.8) is 0 Å². The summed E-state index contributed by atoms with van der Waals surface area (Å²) in [7, 11) is 1.75. The third-order valence-corrected chi connectivity index (χ3v) is 6.91. The second kappa shape index (κ2) is 8.17. The number of rotatable bonds is 5. The normalized spacial score (nSPS) is 21.2. The van der Waals surface area contributed by atoms with E-state index in [1.807, 2.05) is 54.8 Å². The number of nitrogens with zero attached hydrogens (tertiary/aromatic N) is 3. The molecule has 1 aliphatic rings. The van der Waals surface area contributed by atoms with Crippen LogP contribution in [0.2, 0.25) is 0 Å². The molecule has 0 saturated heterocycles. The second-order valence-electron chi connectivity index (χ2n) is 8.77. The van der Waals surface area contributed by atoms with Crippen molar-refractivity contribution >= 4 is 17.5 Å². The van der Waals surface area contributed by atoms with Crippen LogP contribution in [0.1, 0.15) is 65.3 Å². The Bertz CT molecular complexity index is 1110. The van der Waals surface area contributed by atoms with Crippen LogP contribution in [-0.2, 0) is 4.79 Å². The Morgan fingerprint density at radius 2 is 1.81 bits per heavy atom. The molecule has 2 aromatic heterocycles. The Morgan fingerprint density at radius 3 is 2.45 bits per heavy atom. The van der Waals surface area contributed by atoms with E-state index < -0.39 is 11.5 Å². The van der Waals surface area contributed by atoms with Crippen molar-refractivity contribution in [1.29, 1.82) is 0 Å². The first-order valence-electron chi connectivity index (χ1n) is 10.8. The fraction of sp³-hybridized carbons (Fsp3) is 0.400. The van der Waals surface area contributed by atoms with Crippen LogP contribution in [0.5, 0.6) is 0 Å². The maximum Gasteiger partial charge on any atom is 0.305 e. The Kier molecular flexibility index (Phi) is 5.56. The van der Waals surface area contributed by atoms with E-state index in [2.05, 4.69) is 17.1 Å². The van der Waals surface area contributed by atoms with Crippen molar-refractivity contribution in [2.75, 3.05) is 7.05 Å². The van der Waals surface area contributed by atoms with Gasteiger partial charge in [0.05, 0.1) is 17.7 Å².